The predicted molar refractivity (Wildman–Crippen MR) is 224 cm³/mol. The average Bonchev–Trinajstić information content (AvgIpc) is 3.16. The van der Waals surface area contributed by atoms with Gasteiger partial charge in [0, 0.05) is 13.4 Å². The molecular weight excluding hydrogens is 811 g/mol. The third kappa shape index (κ3) is 9.08. The van der Waals surface area contributed by atoms with Crippen LogP contribution in [0.25, 0.3) is 54.9 Å². The molecule has 8 aromatic rings. The second-order valence-corrected chi connectivity index (χ2v) is 14.3. The zero-order chi connectivity index (χ0) is 34.9. The molecule has 0 saturated carbocycles. The first-order valence-corrected chi connectivity index (χ1v) is 18.4. The lowest BCUT2D eigenvalue weighted by Crippen LogP contribution is -2.29. The average molecular weight is 843 g/mol. The lowest BCUT2D eigenvalue weighted by molar-refractivity contribution is 0.426. The standard InChI is InChI=1S/C22H15Br.C12H8Br2.C10H9BO2/c23-20-13-11-17(12-14-20)21-7-3-4-8-22(21)19-10-9-16-5-1-2-6-18(16)15-19;13-10-7-5-9(6-8-10)11-3-1-2-4-12(11)14;12-11(13)10-6-5-8-3-1-2-4-9(8)7-10/h1-15H;1-8H;1-7,12-13H. The smallest absolute Gasteiger partial charge is 0.423 e. The van der Waals surface area contributed by atoms with Crippen LogP contribution in [0.1, 0.15) is 0 Å². The van der Waals surface area contributed by atoms with Crippen molar-refractivity contribution in [2.24, 2.45) is 0 Å². The van der Waals surface area contributed by atoms with Gasteiger partial charge in [-0.3, -0.25) is 0 Å². The molecule has 0 aliphatic heterocycles. The number of benzene rings is 8. The van der Waals surface area contributed by atoms with E-state index in [9.17, 15) is 0 Å². The van der Waals surface area contributed by atoms with Gasteiger partial charge in [0.2, 0.25) is 0 Å². The van der Waals surface area contributed by atoms with E-state index in [1.165, 1.54) is 44.2 Å². The van der Waals surface area contributed by atoms with E-state index in [0.717, 1.165) is 24.2 Å². The van der Waals surface area contributed by atoms with Gasteiger partial charge in [-0.1, -0.05) is 193 Å². The van der Waals surface area contributed by atoms with E-state index in [2.05, 4.69) is 175 Å². The van der Waals surface area contributed by atoms with Gasteiger partial charge in [-0.25, -0.2) is 0 Å². The molecule has 0 aromatic heterocycles. The fourth-order valence-electron chi connectivity index (χ4n) is 5.67. The molecule has 2 nitrogen and oxygen atoms in total. The Labute approximate surface area is 318 Å². The Kier molecular flexibility index (Phi) is 12.1. The molecule has 0 saturated heterocycles. The van der Waals surface area contributed by atoms with Crippen LogP contribution in [-0.4, -0.2) is 17.2 Å². The number of hydrogen-bond donors (Lipinski definition) is 2. The summed E-state index contributed by atoms with van der Waals surface area (Å²) in [7, 11) is -1.38. The lowest BCUT2D eigenvalue weighted by atomic mass is 9.79. The van der Waals surface area contributed by atoms with Crippen LogP contribution in [0.4, 0.5) is 0 Å². The van der Waals surface area contributed by atoms with Gasteiger partial charge in [-0.15, -0.1) is 0 Å². The van der Waals surface area contributed by atoms with Crippen molar-refractivity contribution in [3.63, 3.8) is 0 Å². The molecule has 0 heterocycles. The molecule has 2 N–H and O–H groups in total. The molecule has 0 aliphatic carbocycles. The van der Waals surface area contributed by atoms with Crippen molar-refractivity contribution < 1.29 is 10.0 Å². The second-order valence-electron chi connectivity index (χ2n) is 11.6. The molecule has 0 atom stereocenters. The summed E-state index contributed by atoms with van der Waals surface area (Å²) >= 11 is 10.5. The van der Waals surface area contributed by atoms with Gasteiger partial charge in [0.25, 0.3) is 0 Å². The first-order chi connectivity index (χ1) is 24.4. The van der Waals surface area contributed by atoms with Gasteiger partial charge in [0.1, 0.15) is 0 Å². The molecule has 0 amide bonds. The topological polar surface area (TPSA) is 40.5 Å². The Hall–Kier alpha value is -4.30. The van der Waals surface area contributed by atoms with Crippen LogP contribution in [0.5, 0.6) is 0 Å². The van der Waals surface area contributed by atoms with Crippen LogP contribution < -0.4 is 5.46 Å². The van der Waals surface area contributed by atoms with E-state index in [-0.39, 0.29) is 0 Å². The van der Waals surface area contributed by atoms with Crippen molar-refractivity contribution in [1.82, 2.24) is 0 Å². The highest BCUT2D eigenvalue weighted by molar-refractivity contribution is 9.11. The summed E-state index contributed by atoms with van der Waals surface area (Å²) in [5, 5.41) is 22.6. The van der Waals surface area contributed by atoms with Crippen molar-refractivity contribution in [1.29, 1.82) is 0 Å². The summed E-state index contributed by atoms with van der Waals surface area (Å²) in [6.45, 7) is 0. The monoisotopic (exact) mass is 840 g/mol. The molecule has 0 bridgehead atoms. The second kappa shape index (κ2) is 17.1. The van der Waals surface area contributed by atoms with Crippen LogP contribution in [-0.2, 0) is 0 Å². The third-order valence-electron chi connectivity index (χ3n) is 8.24. The molecular formula is C44H32BBr3O2. The first kappa shape index (κ1) is 35.5. The van der Waals surface area contributed by atoms with E-state index >= 15 is 0 Å². The Bertz CT molecular complexity index is 2340. The Balaban J connectivity index is 0.000000138. The fourth-order valence-corrected chi connectivity index (χ4v) is 6.71. The number of fused-ring (bicyclic) bond motifs is 2. The van der Waals surface area contributed by atoms with E-state index in [1.54, 1.807) is 12.1 Å². The maximum atomic E-state index is 8.94. The highest BCUT2D eigenvalue weighted by atomic mass is 79.9. The van der Waals surface area contributed by atoms with Crippen LogP contribution in [0.2, 0.25) is 0 Å². The van der Waals surface area contributed by atoms with Crippen LogP contribution in [0.15, 0.2) is 195 Å². The van der Waals surface area contributed by atoms with Gasteiger partial charge in [-0.2, -0.15) is 0 Å². The van der Waals surface area contributed by atoms with E-state index in [4.69, 9.17) is 10.0 Å². The molecule has 0 spiro atoms. The number of halogens is 3. The maximum Gasteiger partial charge on any atom is 0.488 e. The quantitative estimate of drug-likeness (QED) is 0.173. The normalized spacial score (nSPS) is 10.5. The molecule has 50 heavy (non-hydrogen) atoms. The fraction of sp³-hybridized carbons (Fsp3) is 0. The molecule has 0 fully saturated rings. The van der Waals surface area contributed by atoms with E-state index < -0.39 is 7.12 Å². The zero-order valence-electron chi connectivity index (χ0n) is 26.9. The molecule has 8 rings (SSSR count). The van der Waals surface area contributed by atoms with Crippen LogP contribution in [0, 0.1) is 0 Å². The minimum Gasteiger partial charge on any atom is -0.423 e. The summed E-state index contributed by atoms with van der Waals surface area (Å²) < 4.78 is 3.33. The highest BCUT2D eigenvalue weighted by Crippen LogP contribution is 2.34. The van der Waals surface area contributed by atoms with E-state index in [1.807, 2.05) is 42.5 Å². The van der Waals surface area contributed by atoms with Gasteiger partial charge in [0.15, 0.2) is 0 Å². The number of rotatable bonds is 4. The summed E-state index contributed by atoms with van der Waals surface area (Å²) in [6, 6.07) is 62.0. The molecule has 8 aromatic carbocycles. The first-order valence-electron chi connectivity index (χ1n) is 16.1. The van der Waals surface area contributed by atoms with Crippen LogP contribution in [0.3, 0.4) is 0 Å². The number of hydrogen-bond acceptors (Lipinski definition) is 2. The van der Waals surface area contributed by atoms with Crippen LogP contribution >= 0.6 is 47.8 Å². The molecule has 0 aliphatic rings. The van der Waals surface area contributed by atoms with Crippen molar-refractivity contribution in [3.8, 4) is 33.4 Å². The molecule has 0 radical (unpaired) electrons. The lowest BCUT2D eigenvalue weighted by Gasteiger charge is -2.11. The maximum absolute atomic E-state index is 8.94. The molecule has 0 unspecified atom stereocenters. The van der Waals surface area contributed by atoms with Gasteiger partial charge >= 0.3 is 7.12 Å². The Morgan fingerprint density at radius 3 is 1.28 bits per heavy atom. The summed E-state index contributed by atoms with van der Waals surface area (Å²) in [4.78, 5) is 0. The van der Waals surface area contributed by atoms with Crippen molar-refractivity contribution >= 4 is 81.9 Å². The van der Waals surface area contributed by atoms with Gasteiger partial charge in [-0.05, 0) is 96.8 Å². The SMILES string of the molecule is Brc1ccc(-c2ccccc2-c2ccc3ccccc3c2)cc1.Brc1ccc(-c2ccccc2Br)cc1.OB(O)c1ccc2ccccc2c1. The van der Waals surface area contributed by atoms with E-state index in [0.29, 0.717) is 5.46 Å². The predicted octanol–water partition coefficient (Wildman–Crippen LogP) is 12.3. The summed E-state index contributed by atoms with van der Waals surface area (Å²) in [5.74, 6) is 0. The Morgan fingerprint density at radius 1 is 0.340 bits per heavy atom. The Morgan fingerprint density at radius 2 is 0.740 bits per heavy atom. The van der Waals surface area contributed by atoms with Crippen molar-refractivity contribution in [2.45, 2.75) is 0 Å². The minimum absolute atomic E-state index is 0.527. The molecule has 6 heteroatoms. The largest absolute Gasteiger partial charge is 0.488 e. The highest BCUT2D eigenvalue weighted by Gasteiger charge is 2.10. The third-order valence-corrected chi connectivity index (χ3v) is 9.99. The van der Waals surface area contributed by atoms with Gasteiger partial charge in [0.05, 0.1) is 0 Å². The summed E-state index contributed by atoms with van der Waals surface area (Å²) in [6.07, 6.45) is 0. The van der Waals surface area contributed by atoms with Crippen molar-refractivity contribution in [2.75, 3.05) is 0 Å². The summed E-state index contributed by atoms with van der Waals surface area (Å²) in [5.41, 5.74) is 7.98. The molecule has 244 valence electrons. The zero-order valence-corrected chi connectivity index (χ0v) is 31.7. The van der Waals surface area contributed by atoms with Gasteiger partial charge < -0.3 is 10.0 Å². The van der Waals surface area contributed by atoms with Crippen molar-refractivity contribution in [3.05, 3.63) is 195 Å². The minimum atomic E-state index is -1.38.